The average molecular weight is 300 g/mol. The second-order valence-electron chi connectivity index (χ2n) is 4.60. The molecule has 5 nitrogen and oxygen atoms in total. The fourth-order valence-electron chi connectivity index (χ4n) is 2.13. The third kappa shape index (κ3) is 3.22. The fourth-order valence-corrected chi connectivity index (χ4v) is 2.93. The molecule has 3 heterocycles. The Bertz CT molecular complexity index is 685. The van der Waals surface area contributed by atoms with Gasteiger partial charge in [-0.05, 0) is 36.1 Å². The molecule has 0 saturated heterocycles. The highest BCUT2D eigenvalue weighted by molar-refractivity contribution is 7.12. The standard InChI is InChI=1S/C15H16N4OS/c20-15(16-6-3-10-19-11-4-7-17-19)14-13(5-12-21-14)18-8-1-2-9-18/h1-2,4-5,7-9,11-12H,3,6,10H2,(H,16,20). The summed E-state index contributed by atoms with van der Waals surface area (Å²) in [5.74, 6) is -0.0193. The normalized spacial score (nSPS) is 10.7. The lowest BCUT2D eigenvalue weighted by Crippen LogP contribution is -2.25. The van der Waals surface area contributed by atoms with Crippen LogP contribution in [0.5, 0.6) is 0 Å². The Balaban J connectivity index is 1.55. The van der Waals surface area contributed by atoms with Gasteiger partial charge in [0.1, 0.15) is 4.88 Å². The van der Waals surface area contributed by atoms with Crippen LogP contribution < -0.4 is 5.32 Å². The first kappa shape index (κ1) is 13.6. The lowest BCUT2D eigenvalue weighted by atomic mass is 10.3. The molecule has 0 aliphatic rings. The summed E-state index contributed by atoms with van der Waals surface area (Å²) in [4.78, 5) is 13.0. The summed E-state index contributed by atoms with van der Waals surface area (Å²) in [6.07, 6.45) is 8.42. The van der Waals surface area contributed by atoms with Gasteiger partial charge in [-0.1, -0.05) is 0 Å². The Labute approximate surface area is 126 Å². The van der Waals surface area contributed by atoms with E-state index < -0.39 is 0 Å². The van der Waals surface area contributed by atoms with Crippen LogP contribution in [-0.2, 0) is 6.54 Å². The van der Waals surface area contributed by atoms with Crippen molar-refractivity contribution in [1.82, 2.24) is 19.7 Å². The van der Waals surface area contributed by atoms with Gasteiger partial charge in [-0.3, -0.25) is 9.48 Å². The molecule has 0 unspecified atom stereocenters. The molecule has 0 saturated carbocycles. The maximum Gasteiger partial charge on any atom is 0.263 e. The first-order valence-corrected chi connectivity index (χ1v) is 7.69. The maximum absolute atomic E-state index is 12.2. The van der Waals surface area contributed by atoms with Gasteiger partial charge in [0.2, 0.25) is 0 Å². The average Bonchev–Trinajstić information content (AvgIpc) is 3.24. The third-order valence-electron chi connectivity index (χ3n) is 3.14. The Morgan fingerprint density at radius 2 is 2.10 bits per heavy atom. The number of aromatic nitrogens is 3. The predicted molar refractivity (Wildman–Crippen MR) is 82.8 cm³/mol. The molecule has 0 fully saturated rings. The minimum atomic E-state index is -0.0193. The molecule has 1 N–H and O–H groups in total. The van der Waals surface area contributed by atoms with Crippen LogP contribution >= 0.6 is 11.3 Å². The molecular formula is C15H16N4OS. The summed E-state index contributed by atoms with van der Waals surface area (Å²) in [7, 11) is 0. The van der Waals surface area contributed by atoms with Crippen molar-refractivity contribution >= 4 is 17.2 Å². The highest BCUT2D eigenvalue weighted by Gasteiger charge is 2.13. The van der Waals surface area contributed by atoms with Crippen molar-refractivity contribution in [3.63, 3.8) is 0 Å². The van der Waals surface area contributed by atoms with Crippen LogP contribution in [0.1, 0.15) is 16.1 Å². The van der Waals surface area contributed by atoms with E-state index in [4.69, 9.17) is 0 Å². The van der Waals surface area contributed by atoms with Crippen molar-refractivity contribution in [2.24, 2.45) is 0 Å². The second-order valence-corrected chi connectivity index (χ2v) is 5.52. The minimum absolute atomic E-state index is 0.0193. The Morgan fingerprint density at radius 1 is 1.24 bits per heavy atom. The van der Waals surface area contributed by atoms with Crippen LogP contribution in [0.25, 0.3) is 5.69 Å². The third-order valence-corrected chi connectivity index (χ3v) is 4.04. The van der Waals surface area contributed by atoms with E-state index in [1.54, 1.807) is 6.20 Å². The summed E-state index contributed by atoms with van der Waals surface area (Å²) in [5, 5.41) is 9.04. The van der Waals surface area contributed by atoms with Crippen LogP contribution in [0.4, 0.5) is 0 Å². The van der Waals surface area contributed by atoms with Crippen molar-refractivity contribution in [2.45, 2.75) is 13.0 Å². The smallest absolute Gasteiger partial charge is 0.263 e. The SMILES string of the molecule is O=C(NCCCn1cccn1)c1sccc1-n1cccc1. The lowest BCUT2D eigenvalue weighted by Gasteiger charge is -2.07. The Kier molecular flexibility index (Phi) is 4.16. The van der Waals surface area contributed by atoms with Crippen LogP contribution in [-0.4, -0.2) is 26.8 Å². The first-order chi connectivity index (χ1) is 10.3. The molecule has 1 amide bonds. The van der Waals surface area contributed by atoms with Gasteiger partial charge in [0.05, 0.1) is 5.69 Å². The van der Waals surface area contributed by atoms with E-state index in [0.717, 1.165) is 23.5 Å². The number of nitrogens with one attached hydrogen (secondary N) is 1. The van der Waals surface area contributed by atoms with Gasteiger partial charge in [0.15, 0.2) is 0 Å². The van der Waals surface area contributed by atoms with E-state index in [2.05, 4.69) is 10.4 Å². The Hall–Kier alpha value is -2.34. The second kappa shape index (κ2) is 6.41. The molecule has 21 heavy (non-hydrogen) atoms. The molecule has 0 atom stereocenters. The predicted octanol–water partition coefficient (Wildman–Crippen LogP) is 2.56. The summed E-state index contributed by atoms with van der Waals surface area (Å²) in [6, 6.07) is 7.75. The van der Waals surface area contributed by atoms with Gasteiger partial charge in [-0.2, -0.15) is 5.10 Å². The summed E-state index contributed by atoms with van der Waals surface area (Å²) >= 11 is 1.46. The molecule has 3 aromatic rings. The molecule has 3 aromatic heterocycles. The highest BCUT2D eigenvalue weighted by Crippen LogP contribution is 2.21. The van der Waals surface area contributed by atoms with Crippen molar-refractivity contribution in [1.29, 1.82) is 0 Å². The monoisotopic (exact) mass is 300 g/mol. The van der Waals surface area contributed by atoms with Crippen LogP contribution in [0.3, 0.4) is 0 Å². The van der Waals surface area contributed by atoms with Crippen LogP contribution in [0, 0.1) is 0 Å². The molecule has 6 heteroatoms. The van der Waals surface area contributed by atoms with E-state index in [1.807, 2.05) is 57.5 Å². The summed E-state index contributed by atoms with van der Waals surface area (Å²) in [6.45, 7) is 1.45. The fraction of sp³-hybridized carbons (Fsp3) is 0.200. The number of hydrogen-bond donors (Lipinski definition) is 1. The number of amides is 1. The van der Waals surface area contributed by atoms with Gasteiger partial charge in [-0.15, -0.1) is 11.3 Å². The molecule has 0 radical (unpaired) electrons. The highest BCUT2D eigenvalue weighted by atomic mass is 32.1. The molecule has 0 aromatic carbocycles. The molecule has 0 bridgehead atoms. The van der Waals surface area contributed by atoms with E-state index in [1.165, 1.54) is 11.3 Å². The van der Waals surface area contributed by atoms with E-state index in [0.29, 0.717) is 6.54 Å². The van der Waals surface area contributed by atoms with Gasteiger partial charge >= 0.3 is 0 Å². The molecule has 3 rings (SSSR count). The van der Waals surface area contributed by atoms with Crippen molar-refractivity contribution in [3.8, 4) is 5.69 Å². The zero-order chi connectivity index (χ0) is 14.5. The zero-order valence-electron chi connectivity index (χ0n) is 11.5. The first-order valence-electron chi connectivity index (χ1n) is 6.81. The van der Waals surface area contributed by atoms with Crippen molar-refractivity contribution in [3.05, 3.63) is 59.3 Å². The molecule has 0 aliphatic carbocycles. The van der Waals surface area contributed by atoms with Crippen LogP contribution in [0.2, 0.25) is 0 Å². The number of carbonyl (C=O) groups excluding carboxylic acids is 1. The number of hydrogen-bond acceptors (Lipinski definition) is 3. The molecular weight excluding hydrogens is 284 g/mol. The largest absolute Gasteiger partial charge is 0.351 e. The number of carbonyl (C=O) groups is 1. The number of nitrogens with zero attached hydrogens (tertiary/aromatic N) is 3. The molecule has 0 spiro atoms. The van der Waals surface area contributed by atoms with E-state index in [-0.39, 0.29) is 5.91 Å². The van der Waals surface area contributed by atoms with Gasteiger partial charge in [0, 0.05) is 37.9 Å². The summed E-state index contributed by atoms with van der Waals surface area (Å²) in [5.41, 5.74) is 0.926. The minimum Gasteiger partial charge on any atom is -0.351 e. The molecule has 0 aliphatic heterocycles. The van der Waals surface area contributed by atoms with Gasteiger partial charge < -0.3 is 9.88 Å². The number of aryl methyl sites for hydroxylation is 1. The number of rotatable bonds is 6. The van der Waals surface area contributed by atoms with Gasteiger partial charge in [-0.25, -0.2) is 0 Å². The maximum atomic E-state index is 12.2. The van der Waals surface area contributed by atoms with E-state index >= 15 is 0 Å². The van der Waals surface area contributed by atoms with Crippen molar-refractivity contribution < 1.29 is 4.79 Å². The molecule has 108 valence electrons. The van der Waals surface area contributed by atoms with E-state index in [9.17, 15) is 4.79 Å². The lowest BCUT2D eigenvalue weighted by molar-refractivity contribution is 0.0956. The topological polar surface area (TPSA) is 51.9 Å². The zero-order valence-corrected chi connectivity index (χ0v) is 12.3. The summed E-state index contributed by atoms with van der Waals surface area (Å²) < 4.78 is 3.82. The number of thiophene rings is 1. The quantitative estimate of drug-likeness (QED) is 0.711. The van der Waals surface area contributed by atoms with Crippen molar-refractivity contribution in [2.75, 3.05) is 6.54 Å². The van der Waals surface area contributed by atoms with Crippen LogP contribution in [0.15, 0.2) is 54.4 Å². The Morgan fingerprint density at radius 3 is 2.86 bits per heavy atom. The van der Waals surface area contributed by atoms with Gasteiger partial charge in [0.25, 0.3) is 5.91 Å².